The maximum atomic E-state index is 12.1. The number of nitrogens with one attached hydrogen (secondary N) is 2. The summed E-state index contributed by atoms with van der Waals surface area (Å²) in [4.78, 5) is 13.2. The van der Waals surface area contributed by atoms with Crippen LogP contribution < -0.4 is 10.6 Å². The number of anilines is 1. The first-order valence-corrected chi connectivity index (χ1v) is 8.84. The van der Waals surface area contributed by atoms with Gasteiger partial charge in [0.1, 0.15) is 5.00 Å². The minimum absolute atomic E-state index is 0.343. The van der Waals surface area contributed by atoms with Gasteiger partial charge in [0.05, 0.1) is 18.9 Å². The Morgan fingerprint density at radius 1 is 1.46 bits per heavy atom. The summed E-state index contributed by atoms with van der Waals surface area (Å²) >= 11 is 6.87. The van der Waals surface area contributed by atoms with E-state index in [9.17, 15) is 4.79 Å². The molecule has 0 spiro atoms. The van der Waals surface area contributed by atoms with Crippen LogP contribution in [0.3, 0.4) is 0 Å². The molecule has 0 fully saturated rings. The van der Waals surface area contributed by atoms with E-state index in [2.05, 4.69) is 15.7 Å². The Labute approximate surface area is 151 Å². The number of thiophene rings is 1. The molecular formula is C16H22N4O2S2. The lowest BCUT2D eigenvalue weighted by Gasteiger charge is -2.11. The van der Waals surface area contributed by atoms with Gasteiger partial charge in [-0.05, 0) is 38.0 Å². The Hall–Kier alpha value is -1.93. The molecule has 0 saturated heterocycles. The van der Waals surface area contributed by atoms with Crippen LogP contribution in [0.5, 0.6) is 0 Å². The smallest absolute Gasteiger partial charge is 0.341 e. The van der Waals surface area contributed by atoms with E-state index in [-0.39, 0.29) is 5.97 Å². The third-order valence-electron chi connectivity index (χ3n) is 3.96. The molecule has 2 heterocycles. The SMILES string of the molecule is CCc1c(C)sc(NC(=S)NCc2cnn(C)c2C)c1C(=O)OC. The van der Waals surface area contributed by atoms with Crippen LogP contribution >= 0.6 is 23.6 Å². The molecule has 0 aliphatic carbocycles. The summed E-state index contributed by atoms with van der Waals surface area (Å²) in [6.07, 6.45) is 2.58. The zero-order valence-corrected chi connectivity index (χ0v) is 16.2. The Balaban J connectivity index is 2.11. The molecular weight excluding hydrogens is 344 g/mol. The van der Waals surface area contributed by atoms with E-state index >= 15 is 0 Å². The van der Waals surface area contributed by atoms with Crippen LogP contribution in [0.25, 0.3) is 0 Å². The van der Waals surface area contributed by atoms with Crippen molar-refractivity contribution in [3.05, 3.63) is 33.5 Å². The second kappa shape index (κ2) is 7.76. The molecule has 24 heavy (non-hydrogen) atoms. The van der Waals surface area contributed by atoms with Crippen LogP contribution in [0.4, 0.5) is 5.00 Å². The van der Waals surface area contributed by atoms with Gasteiger partial charge in [0.25, 0.3) is 0 Å². The molecule has 0 bridgehead atoms. The molecule has 6 nitrogen and oxygen atoms in total. The van der Waals surface area contributed by atoms with Crippen molar-refractivity contribution in [2.45, 2.75) is 33.7 Å². The van der Waals surface area contributed by atoms with Gasteiger partial charge in [0.2, 0.25) is 0 Å². The molecule has 8 heteroatoms. The summed E-state index contributed by atoms with van der Waals surface area (Å²) < 4.78 is 6.73. The molecule has 0 aliphatic rings. The number of ether oxygens (including phenoxy) is 1. The number of rotatable bonds is 5. The van der Waals surface area contributed by atoms with E-state index < -0.39 is 0 Å². The van der Waals surface area contributed by atoms with Crippen LogP contribution in [-0.4, -0.2) is 28.0 Å². The number of hydrogen-bond donors (Lipinski definition) is 2. The number of aromatic nitrogens is 2. The Kier molecular flexibility index (Phi) is 5.95. The van der Waals surface area contributed by atoms with Crippen molar-refractivity contribution in [1.82, 2.24) is 15.1 Å². The maximum Gasteiger partial charge on any atom is 0.341 e. The number of methoxy groups -OCH3 is 1. The van der Waals surface area contributed by atoms with Crippen molar-refractivity contribution < 1.29 is 9.53 Å². The lowest BCUT2D eigenvalue weighted by molar-refractivity contribution is 0.0601. The summed E-state index contributed by atoms with van der Waals surface area (Å²) in [6, 6.07) is 0. The van der Waals surface area contributed by atoms with Gasteiger partial charge in [0.15, 0.2) is 5.11 Å². The lowest BCUT2D eigenvalue weighted by Crippen LogP contribution is -2.28. The van der Waals surface area contributed by atoms with E-state index in [1.54, 1.807) is 0 Å². The van der Waals surface area contributed by atoms with Crippen molar-refractivity contribution >= 4 is 39.6 Å². The van der Waals surface area contributed by atoms with Crippen molar-refractivity contribution in [1.29, 1.82) is 0 Å². The molecule has 0 atom stereocenters. The maximum absolute atomic E-state index is 12.1. The van der Waals surface area contributed by atoms with Crippen LogP contribution in [0.15, 0.2) is 6.20 Å². The van der Waals surface area contributed by atoms with Crippen molar-refractivity contribution in [2.24, 2.45) is 7.05 Å². The molecule has 0 aliphatic heterocycles. The highest BCUT2D eigenvalue weighted by Gasteiger charge is 2.22. The standard InChI is InChI=1S/C16H22N4O2S2/c1-6-12-10(3)24-14(13(12)15(21)22-5)19-16(23)17-7-11-8-18-20(4)9(11)2/h8H,6-7H2,1-5H3,(H2,17,19,23). The average Bonchev–Trinajstić information content (AvgIpc) is 3.04. The van der Waals surface area contributed by atoms with E-state index in [0.717, 1.165) is 33.1 Å². The second-order valence-corrected chi connectivity index (χ2v) is 7.01. The summed E-state index contributed by atoms with van der Waals surface area (Å²) in [7, 11) is 3.29. The van der Waals surface area contributed by atoms with E-state index in [4.69, 9.17) is 17.0 Å². The molecule has 2 rings (SSSR count). The van der Waals surface area contributed by atoms with Gasteiger partial charge in [-0.25, -0.2) is 4.79 Å². The van der Waals surface area contributed by atoms with Crippen LogP contribution in [-0.2, 0) is 24.8 Å². The molecule has 2 aromatic rings. The normalized spacial score (nSPS) is 10.5. The van der Waals surface area contributed by atoms with Crippen LogP contribution in [0.1, 0.15) is 39.0 Å². The third kappa shape index (κ3) is 3.76. The minimum atomic E-state index is -0.343. The van der Waals surface area contributed by atoms with Gasteiger partial charge in [-0.2, -0.15) is 5.10 Å². The predicted octanol–water partition coefficient (Wildman–Crippen LogP) is 2.93. The molecule has 0 aromatic carbocycles. The monoisotopic (exact) mass is 366 g/mol. The molecule has 0 unspecified atom stereocenters. The number of hydrogen-bond acceptors (Lipinski definition) is 5. The molecule has 130 valence electrons. The first-order valence-electron chi connectivity index (χ1n) is 7.61. The van der Waals surface area contributed by atoms with Gasteiger partial charge in [-0.3, -0.25) is 4.68 Å². The van der Waals surface area contributed by atoms with Crippen molar-refractivity contribution in [3.63, 3.8) is 0 Å². The first-order chi connectivity index (χ1) is 11.4. The van der Waals surface area contributed by atoms with E-state index in [1.165, 1.54) is 18.4 Å². The fraction of sp³-hybridized carbons (Fsp3) is 0.438. The number of thiocarbonyl (C=S) groups is 1. The van der Waals surface area contributed by atoms with E-state index in [1.807, 2.05) is 38.7 Å². The van der Waals surface area contributed by atoms with Gasteiger partial charge in [0, 0.05) is 29.7 Å². The quantitative estimate of drug-likeness (QED) is 0.626. The highest BCUT2D eigenvalue weighted by molar-refractivity contribution is 7.80. The fourth-order valence-electron chi connectivity index (χ4n) is 2.45. The zero-order valence-electron chi connectivity index (χ0n) is 14.5. The van der Waals surface area contributed by atoms with Gasteiger partial charge < -0.3 is 15.4 Å². The Bertz CT molecular complexity index is 764. The van der Waals surface area contributed by atoms with Crippen LogP contribution in [0, 0.1) is 13.8 Å². The van der Waals surface area contributed by atoms with Gasteiger partial charge in [-0.15, -0.1) is 11.3 Å². The Morgan fingerprint density at radius 2 is 2.17 bits per heavy atom. The van der Waals surface area contributed by atoms with Crippen molar-refractivity contribution in [3.8, 4) is 0 Å². The largest absolute Gasteiger partial charge is 0.465 e. The molecule has 2 N–H and O–H groups in total. The number of esters is 1. The molecule has 0 radical (unpaired) electrons. The average molecular weight is 367 g/mol. The van der Waals surface area contributed by atoms with Gasteiger partial charge in [-0.1, -0.05) is 6.92 Å². The summed E-state index contributed by atoms with van der Waals surface area (Å²) in [5, 5.41) is 11.7. The Morgan fingerprint density at radius 3 is 2.71 bits per heavy atom. The lowest BCUT2D eigenvalue weighted by atomic mass is 10.1. The topological polar surface area (TPSA) is 68.2 Å². The highest BCUT2D eigenvalue weighted by Crippen LogP contribution is 2.33. The molecule has 2 aromatic heterocycles. The summed E-state index contributed by atoms with van der Waals surface area (Å²) in [5.74, 6) is -0.343. The number of aryl methyl sites for hydroxylation is 2. The first kappa shape index (κ1) is 18.4. The van der Waals surface area contributed by atoms with Crippen LogP contribution in [0.2, 0.25) is 0 Å². The third-order valence-corrected chi connectivity index (χ3v) is 5.26. The number of carbonyl (C=O) groups excluding carboxylic acids is 1. The molecule has 0 amide bonds. The summed E-state index contributed by atoms with van der Waals surface area (Å²) in [5.41, 5.74) is 3.73. The second-order valence-electron chi connectivity index (χ2n) is 5.37. The number of nitrogens with zero attached hydrogens (tertiary/aromatic N) is 2. The fourth-order valence-corrected chi connectivity index (χ4v) is 3.83. The predicted molar refractivity (Wildman–Crippen MR) is 101 cm³/mol. The zero-order chi connectivity index (χ0) is 17.9. The highest BCUT2D eigenvalue weighted by atomic mass is 32.1. The van der Waals surface area contributed by atoms with Crippen molar-refractivity contribution in [2.75, 3.05) is 12.4 Å². The summed E-state index contributed by atoms with van der Waals surface area (Å²) in [6.45, 7) is 6.60. The van der Waals surface area contributed by atoms with E-state index in [0.29, 0.717) is 17.2 Å². The molecule has 0 saturated carbocycles. The number of carbonyl (C=O) groups is 1. The minimum Gasteiger partial charge on any atom is -0.465 e. The van der Waals surface area contributed by atoms with Gasteiger partial charge >= 0.3 is 5.97 Å².